The second-order valence-electron chi connectivity index (χ2n) is 5.93. The molecule has 2 aromatic heterocycles. The molecular formula is C18H17N3O3. The lowest BCUT2D eigenvalue weighted by atomic mass is 10.0. The molecule has 0 bridgehead atoms. The number of H-pyrrole nitrogens is 1. The van der Waals surface area contributed by atoms with E-state index in [-0.39, 0.29) is 6.10 Å². The van der Waals surface area contributed by atoms with E-state index in [2.05, 4.69) is 9.97 Å². The van der Waals surface area contributed by atoms with Crippen LogP contribution in [0.3, 0.4) is 0 Å². The summed E-state index contributed by atoms with van der Waals surface area (Å²) in [6, 6.07) is 11.4. The highest BCUT2D eigenvalue weighted by Gasteiger charge is 2.20. The fourth-order valence-electron chi connectivity index (χ4n) is 3.22. The van der Waals surface area contributed by atoms with E-state index in [1.54, 1.807) is 12.3 Å². The van der Waals surface area contributed by atoms with Gasteiger partial charge < -0.3 is 4.74 Å². The zero-order valence-corrected chi connectivity index (χ0v) is 13.1. The van der Waals surface area contributed by atoms with Crippen LogP contribution in [0.25, 0.3) is 22.2 Å². The van der Waals surface area contributed by atoms with Crippen LogP contribution in [-0.4, -0.2) is 27.2 Å². The van der Waals surface area contributed by atoms with Crippen molar-refractivity contribution in [3.8, 4) is 11.1 Å². The number of aromatic amines is 1. The summed E-state index contributed by atoms with van der Waals surface area (Å²) in [4.78, 5) is 31.5. The van der Waals surface area contributed by atoms with E-state index in [0.717, 1.165) is 24.0 Å². The topological polar surface area (TPSA) is 77.0 Å². The van der Waals surface area contributed by atoms with Gasteiger partial charge in [0.2, 0.25) is 0 Å². The number of nitrogens with one attached hydrogen (secondary N) is 1. The Hall–Kier alpha value is -2.73. The summed E-state index contributed by atoms with van der Waals surface area (Å²) >= 11 is 0. The predicted octanol–water partition coefficient (Wildman–Crippen LogP) is 1.93. The third-order valence-corrected chi connectivity index (χ3v) is 4.37. The molecular weight excluding hydrogens is 306 g/mol. The van der Waals surface area contributed by atoms with E-state index in [1.807, 2.05) is 30.3 Å². The average Bonchev–Trinajstić information content (AvgIpc) is 3.12. The third kappa shape index (κ3) is 2.55. The Bertz CT molecular complexity index is 986. The van der Waals surface area contributed by atoms with E-state index in [9.17, 15) is 9.59 Å². The highest BCUT2D eigenvalue weighted by molar-refractivity contribution is 5.91. The van der Waals surface area contributed by atoms with Gasteiger partial charge in [-0.15, -0.1) is 0 Å². The molecule has 1 aliphatic rings. The maximum absolute atomic E-state index is 12.4. The van der Waals surface area contributed by atoms with Crippen molar-refractivity contribution < 1.29 is 4.74 Å². The number of ether oxygens (including phenoxy) is 1. The van der Waals surface area contributed by atoms with Crippen molar-refractivity contribution in [1.82, 2.24) is 14.5 Å². The first-order valence-electron chi connectivity index (χ1n) is 8.03. The van der Waals surface area contributed by atoms with E-state index >= 15 is 0 Å². The maximum Gasteiger partial charge on any atom is 0.330 e. The summed E-state index contributed by atoms with van der Waals surface area (Å²) in [5.41, 5.74) is 1.23. The second-order valence-corrected chi connectivity index (χ2v) is 5.93. The molecule has 6 nitrogen and oxygen atoms in total. The number of rotatable bonds is 3. The number of hydrogen-bond acceptors (Lipinski definition) is 4. The van der Waals surface area contributed by atoms with Crippen molar-refractivity contribution in [2.45, 2.75) is 25.5 Å². The minimum absolute atomic E-state index is 0.0148. The molecule has 1 atom stereocenters. The largest absolute Gasteiger partial charge is 0.376 e. The average molecular weight is 323 g/mol. The van der Waals surface area contributed by atoms with Gasteiger partial charge in [-0.05, 0) is 30.0 Å². The standard InChI is InChI=1S/C18H17N3O3/c22-17-15-14(12-5-2-1-3-6-12)8-9-19-16(15)21(18(23)20-17)11-13-7-4-10-24-13/h1-3,5-6,8-9,13H,4,7,10-11H2,(H,20,22,23)/t13-/m1/s1. The lowest BCUT2D eigenvalue weighted by Crippen LogP contribution is -2.34. The SMILES string of the molecule is O=c1[nH]c(=O)n(C[C@H]2CCCO2)c2nccc(-c3ccccc3)c12. The van der Waals surface area contributed by atoms with Gasteiger partial charge in [0, 0.05) is 12.8 Å². The molecule has 6 heteroatoms. The highest BCUT2D eigenvalue weighted by Crippen LogP contribution is 2.24. The van der Waals surface area contributed by atoms with Crippen LogP contribution in [0.15, 0.2) is 52.2 Å². The quantitative estimate of drug-likeness (QED) is 0.799. The smallest absolute Gasteiger partial charge is 0.330 e. The Morgan fingerprint density at radius 1 is 1.21 bits per heavy atom. The summed E-state index contributed by atoms with van der Waals surface area (Å²) in [5.74, 6) is 0. The molecule has 24 heavy (non-hydrogen) atoms. The first-order chi connectivity index (χ1) is 11.7. The Morgan fingerprint density at radius 3 is 2.79 bits per heavy atom. The monoisotopic (exact) mass is 323 g/mol. The van der Waals surface area contributed by atoms with Gasteiger partial charge >= 0.3 is 5.69 Å². The molecule has 1 aromatic carbocycles. The minimum atomic E-state index is -0.444. The zero-order valence-electron chi connectivity index (χ0n) is 13.1. The fraction of sp³-hybridized carbons (Fsp3) is 0.278. The summed E-state index contributed by atoms with van der Waals surface area (Å²) in [6.45, 7) is 1.11. The molecule has 1 fully saturated rings. The first kappa shape index (κ1) is 14.8. The molecule has 0 spiro atoms. The normalized spacial score (nSPS) is 17.4. The fourth-order valence-corrected chi connectivity index (χ4v) is 3.22. The van der Waals surface area contributed by atoms with Crippen LogP contribution in [0.4, 0.5) is 0 Å². The van der Waals surface area contributed by atoms with Gasteiger partial charge in [-0.25, -0.2) is 9.78 Å². The summed E-state index contributed by atoms with van der Waals surface area (Å²) < 4.78 is 7.14. The lowest BCUT2D eigenvalue weighted by molar-refractivity contribution is 0.0967. The highest BCUT2D eigenvalue weighted by atomic mass is 16.5. The molecule has 3 aromatic rings. The van der Waals surface area contributed by atoms with Gasteiger partial charge in [0.25, 0.3) is 5.56 Å². The summed E-state index contributed by atoms with van der Waals surface area (Å²) in [6.07, 6.45) is 3.52. The number of hydrogen-bond donors (Lipinski definition) is 1. The Morgan fingerprint density at radius 2 is 2.04 bits per heavy atom. The molecule has 4 rings (SSSR count). The molecule has 1 N–H and O–H groups in total. The molecule has 1 aliphatic heterocycles. The van der Waals surface area contributed by atoms with Crippen molar-refractivity contribution in [2.75, 3.05) is 6.61 Å². The Balaban J connectivity index is 1.95. The van der Waals surface area contributed by atoms with Crippen molar-refractivity contribution in [3.63, 3.8) is 0 Å². The number of pyridine rings is 1. The molecule has 0 aliphatic carbocycles. The van der Waals surface area contributed by atoms with Crippen LogP contribution < -0.4 is 11.2 Å². The number of aromatic nitrogens is 3. The van der Waals surface area contributed by atoms with Gasteiger partial charge in [0.15, 0.2) is 0 Å². The zero-order chi connectivity index (χ0) is 16.5. The summed E-state index contributed by atoms with van der Waals surface area (Å²) in [7, 11) is 0. The van der Waals surface area contributed by atoms with Crippen molar-refractivity contribution in [3.05, 3.63) is 63.4 Å². The molecule has 0 saturated carbocycles. The van der Waals surface area contributed by atoms with Gasteiger partial charge in [0.1, 0.15) is 5.65 Å². The van der Waals surface area contributed by atoms with Crippen molar-refractivity contribution in [2.24, 2.45) is 0 Å². The molecule has 0 amide bonds. The molecule has 0 radical (unpaired) electrons. The van der Waals surface area contributed by atoms with Crippen LogP contribution in [-0.2, 0) is 11.3 Å². The number of nitrogens with zero attached hydrogens (tertiary/aromatic N) is 2. The van der Waals surface area contributed by atoms with E-state index < -0.39 is 11.2 Å². The lowest BCUT2D eigenvalue weighted by Gasteiger charge is -2.14. The molecule has 122 valence electrons. The second kappa shape index (κ2) is 6.05. The van der Waals surface area contributed by atoms with Crippen molar-refractivity contribution in [1.29, 1.82) is 0 Å². The van der Waals surface area contributed by atoms with E-state index in [0.29, 0.717) is 24.2 Å². The van der Waals surface area contributed by atoms with Gasteiger partial charge in [-0.1, -0.05) is 30.3 Å². The molecule has 3 heterocycles. The molecule has 1 saturated heterocycles. The van der Waals surface area contributed by atoms with Gasteiger partial charge in [0.05, 0.1) is 18.0 Å². The van der Waals surface area contributed by atoms with E-state index in [1.165, 1.54) is 4.57 Å². The summed E-state index contributed by atoms with van der Waals surface area (Å²) in [5, 5.41) is 0.432. The number of fused-ring (bicyclic) bond motifs is 1. The molecule has 0 unspecified atom stereocenters. The van der Waals surface area contributed by atoms with Crippen LogP contribution in [0.2, 0.25) is 0 Å². The van der Waals surface area contributed by atoms with Crippen LogP contribution in [0.1, 0.15) is 12.8 Å². The van der Waals surface area contributed by atoms with Crippen molar-refractivity contribution >= 4 is 11.0 Å². The first-order valence-corrected chi connectivity index (χ1v) is 8.03. The predicted molar refractivity (Wildman–Crippen MR) is 91.0 cm³/mol. The maximum atomic E-state index is 12.4. The van der Waals surface area contributed by atoms with Crippen LogP contribution in [0, 0.1) is 0 Å². The van der Waals surface area contributed by atoms with E-state index in [4.69, 9.17) is 4.74 Å². The van der Waals surface area contributed by atoms with Crippen LogP contribution in [0.5, 0.6) is 0 Å². The van der Waals surface area contributed by atoms with Gasteiger partial charge in [-0.2, -0.15) is 0 Å². The Kier molecular flexibility index (Phi) is 3.74. The van der Waals surface area contributed by atoms with Crippen LogP contribution >= 0.6 is 0 Å². The van der Waals surface area contributed by atoms with Gasteiger partial charge in [-0.3, -0.25) is 14.3 Å². The number of benzene rings is 1. The third-order valence-electron chi connectivity index (χ3n) is 4.37. The minimum Gasteiger partial charge on any atom is -0.376 e. The Labute approximate surface area is 137 Å².